The molecule has 104 valence electrons. The van der Waals surface area contributed by atoms with Crippen LogP contribution in [0.25, 0.3) is 0 Å². The van der Waals surface area contributed by atoms with Crippen LogP contribution in [0.2, 0.25) is 0 Å². The van der Waals surface area contributed by atoms with E-state index in [0.29, 0.717) is 12.3 Å². The highest BCUT2D eigenvalue weighted by molar-refractivity contribution is 5.76. The van der Waals surface area contributed by atoms with Crippen molar-refractivity contribution < 1.29 is 4.79 Å². The van der Waals surface area contributed by atoms with Gasteiger partial charge in [-0.05, 0) is 30.5 Å². The Kier molecular flexibility index (Phi) is 3.76. The predicted octanol–water partition coefficient (Wildman–Crippen LogP) is 1.75. The highest BCUT2D eigenvalue weighted by Gasteiger charge is 2.27. The summed E-state index contributed by atoms with van der Waals surface area (Å²) in [5.74, 6) is 0.635. The van der Waals surface area contributed by atoms with Gasteiger partial charge >= 0.3 is 0 Å². The molecule has 0 saturated carbocycles. The number of nitrogens with zero attached hydrogens (tertiary/aromatic N) is 3. The molecule has 3 rings (SSSR count). The van der Waals surface area contributed by atoms with E-state index in [2.05, 4.69) is 15.2 Å². The first-order valence-electron chi connectivity index (χ1n) is 6.99. The van der Waals surface area contributed by atoms with Crippen molar-refractivity contribution in [1.29, 1.82) is 0 Å². The number of carbonyl (C=O) groups excluding carboxylic acids is 1. The first-order chi connectivity index (χ1) is 9.83. The Labute approximate surface area is 118 Å². The molecule has 1 amide bonds. The summed E-state index contributed by atoms with van der Waals surface area (Å²) in [6.45, 7) is 1.64. The molecule has 0 aromatic carbocycles. The minimum atomic E-state index is 0.232. The topological polar surface area (TPSA) is 61.9 Å². The summed E-state index contributed by atoms with van der Waals surface area (Å²) >= 11 is 0. The number of H-pyrrole nitrogens is 1. The SMILES string of the molecule is O=C(CCc1cccnc1)N1CCC(c2ccn[nH]2)C1. The zero-order valence-corrected chi connectivity index (χ0v) is 11.3. The molecule has 1 unspecified atom stereocenters. The highest BCUT2D eigenvalue weighted by atomic mass is 16.2. The zero-order valence-electron chi connectivity index (χ0n) is 11.3. The van der Waals surface area contributed by atoms with Gasteiger partial charge < -0.3 is 4.90 Å². The van der Waals surface area contributed by atoms with Gasteiger partial charge in [0.05, 0.1) is 0 Å². The number of nitrogens with one attached hydrogen (secondary N) is 1. The fraction of sp³-hybridized carbons (Fsp3) is 0.400. The normalized spacial score (nSPS) is 18.4. The van der Waals surface area contributed by atoms with Gasteiger partial charge in [0, 0.05) is 49.7 Å². The molecule has 0 aliphatic carbocycles. The maximum atomic E-state index is 12.2. The van der Waals surface area contributed by atoms with Crippen LogP contribution in [0.1, 0.15) is 30.0 Å². The third kappa shape index (κ3) is 2.87. The van der Waals surface area contributed by atoms with Crippen LogP contribution in [0.3, 0.4) is 0 Å². The smallest absolute Gasteiger partial charge is 0.222 e. The molecule has 1 saturated heterocycles. The lowest BCUT2D eigenvalue weighted by atomic mass is 10.1. The van der Waals surface area contributed by atoms with Crippen molar-refractivity contribution in [3.8, 4) is 0 Å². The number of hydrogen-bond acceptors (Lipinski definition) is 3. The van der Waals surface area contributed by atoms with Gasteiger partial charge in [-0.15, -0.1) is 0 Å². The van der Waals surface area contributed by atoms with Gasteiger partial charge in [-0.3, -0.25) is 14.9 Å². The lowest BCUT2D eigenvalue weighted by Crippen LogP contribution is -2.28. The first-order valence-corrected chi connectivity index (χ1v) is 6.99. The van der Waals surface area contributed by atoms with Crippen LogP contribution in [0.5, 0.6) is 0 Å². The third-order valence-electron chi connectivity index (χ3n) is 3.85. The number of pyridine rings is 1. The summed E-state index contributed by atoms with van der Waals surface area (Å²) in [7, 11) is 0. The van der Waals surface area contributed by atoms with Gasteiger partial charge in [-0.2, -0.15) is 5.10 Å². The highest BCUT2D eigenvalue weighted by Crippen LogP contribution is 2.25. The summed E-state index contributed by atoms with van der Waals surface area (Å²) in [5, 5.41) is 6.98. The van der Waals surface area contributed by atoms with Crippen LogP contribution < -0.4 is 0 Å². The lowest BCUT2D eigenvalue weighted by Gasteiger charge is -2.16. The molecule has 1 aliphatic rings. The van der Waals surface area contributed by atoms with Crippen LogP contribution in [-0.2, 0) is 11.2 Å². The standard InChI is InChI=1S/C15H18N4O/c20-15(4-3-12-2-1-7-16-10-12)19-9-6-13(11-19)14-5-8-17-18-14/h1-2,5,7-8,10,13H,3-4,6,9,11H2,(H,17,18). The second kappa shape index (κ2) is 5.86. The van der Waals surface area contributed by atoms with Crippen LogP contribution in [-0.4, -0.2) is 39.1 Å². The number of rotatable bonds is 4. The van der Waals surface area contributed by atoms with Gasteiger partial charge in [-0.25, -0.2) is 0 Å². The molecule has 0 radical (unpaired) electrons. The second-order valence-electron chi connectivity index (χ2n) is 5.20. The van der Waals surface area contributed by atoms with Gasteiger partial charge in [0.1, 0.15) is 0 Å². The summed E-state index contributed by atoms with van der Waals surface area (Å²) in [4.78, 5) is 18.2. The molecule has 2 aromatic heterocycles. The number of aromatic amines is 1. The average molecular weight is 270 g/mol. The van der Waals surface area contributed by atoms with Crippen molar-refractivity contribution in [3.05, 3.63) is 48.0 Å². The van der Waals surface area contributed by atoms with Crippen LogP contribution in [0, 0.1) is 0 Å². The van der Waals surface area contributed by atoms with E-state index in [-0.39, 0.29) is 5.91 Å². The predicted molar refractivity (Wildman–Crippen MR) is 75.1 cm³/mol. The molecular formula is C15H18N4O. The zero-order chi connectivity index (χ0) is 13.8. The number of carbonyl (C=O) groups is 1. The monoisotopic (exact) mass is 270 g/mol. The van der Waals surface area contributed by atoms with Crippen molar-refractivity contribution in [2.24, 2.45) is 0 Å². The Morgan fingerprint density at radius 2 is 2.35 bits per heavy atom. The molecule has 1 aliphatic heterocycles. The summed E-state index contributed by atoms with van der Waals surface area (Å²) in [5.41, 5.74) is 2.25. The number of likely N-dealkylation sites (tertiary alicyclic amines) is 1. The van der Waals surface area contributed by atoms with Gasteiger partial charge in [-0.1, -0.05) is 6.07 Å². The van der Waals surface area contributed by atoms with E-state index >= 15 is 0 Å². The maximum Gasteiger partial charge on any atom is 0.222 e. The van der Waals surface area contributed by atoms with E-state index < -0.39 is 0 Å². The molecule has 3 heterocycles. The van der Waals surface area contributed by atoms with E-state index in [1.165, 1.54) is 0 Å². The number of aromatic nitrogens is 3. The lowest BCUT2D eigenvalue weighted by molar-refractivity contribution is -0.130. The molecule has 5 heteroatoms. The quantitative estimate of drug-likeness (QED) is 0.920. The fourth-order valence-electron chi connectivity index (χ4n) is 2.69. The summed E-state index contributed by atoms with van der Waals surface area (Å²) < 4.78 is 0. The first kappa shape index (κ1) is 12.8. The average Bonchev–Trinajstić information content (AvgIpc) is 3.16. The van der Waals surface area contributed by atoms with Crippen molar-refractivity contribution in [1.82, 2.24) is 20.1 Å². The Morgan fingerprint density at radius 3 is 3.10 bits per heavy atom. The Morgan fingerprint density at radius 1 is 1.40 bits per heavy atom. The minimum Gasteiger partial charge on any atom is -0.342 e. The second-order valence-corrected chi connectivity index (χ2v) is 5.20. The third-order valence-corrected chi connectivity index (χ3v) is 3.85. The minimum absolute atomic E-state index is 0.232. The number of aryl methyl sites for hydroxylation is 1. The number of hydrogen-bond donors (Lipinski definition) is 1. The van der Waals surface area contributed by atoms with Crippen molar-refractivity contribution in [2.45, 2.75) is 25.2 Å². The summed E-state index contributed by atoms with van der Waals surface area (Å²) in [6.07, 6.45) is 7.67. The molecule has 20 heavy (non-hydrogen) atoms. The Hall–Kier alpha value is -2.17. The fourth-order valence-corrected chi connectivity index (χ4v) is 2.69. The Balaban J connectivity index is 1.51. The van der Waals surface area contributed by atoms with E-state index in [1.54, 1.807) is 12.4 Å². The molecule has 1 atom stereocenters. The molecule has 0 bridgehead atoms. The van der Waals surface area contributed by atoms with E-state index in [0.717, 1.165) is 37.2 Å². The summed E-state index contributed by atoms with van der Waals surface area (Å²) in [6, 6.07) is 5.91. The number of amides is 1. The molecule has 1 N–H and O–H groups in total. The van der Waals surface area contributed by atoms with Crippen molar-refractivity contribution >= 4 is 5.91 Å². The van der Waals surface area contributed by atoms with Gasteiger partial charge in [0.15, 0.2) is 0 Å². The van der Waals surface area contributed by atoms with Crippen molar-refractivity contribution in [3.63, 3.8) is 0 Å². The van der Waals surface area contributed by atoms with Crippen LogP contribution in [0.4, 0.5) is 0 Å². The molecule has 2 aromatic rings. The molecule has 1 fully saturated rings. The van der Waals surface area contributed by atoms with E-state index in [9.17, 15) is 4.79 Å². The van der Waals surface area contributed by atoms with Crippen LogP contribution in [0.15, 0.2) is 36.8 Å². The van der Waals surface area contributed by atoms with Gasteiger partial charge in [0.25, 0.3) is 0 Å². The molecular weight excluding hydrogens is 252 g/mol. The van der Waals surface area contributed by atoms with Crippen molar-refractivity contribution in [2.75, 3.05) is 13.1 Å². The van der Waals surface area contributed by atoms with E-state index in [4.69, 9.17) is 0 Å². The maximum absolute atomic E-state index is 12.2. The Bertz CT molecular complexity index is 553. The van der Waals surface area contributed by atoms with Gasteiger partial charge in [0.2, 0.25) is 5.91 Å². The largest absolute Gasteiger partial charge is 0.342 e. The molecule has 5 nitrogen and oxygen atoms in total. The van der Waals surface area contributed by atoms with E-state index in [1.807, 2.05) is 29.3 Å². The van der Waals surface area contributed by atoms with Crippen LogP contribution >= 0.6 is 0 Å². The molecule has 0 spiro atoms.